The summed E-state index contributed by atoms with van der Waals surface area (Å²) in [5, 5.41) is 6.02. The number of hydrogen-bond acceptors (Lipinski definition) is 3. The third kappa shape index (κ3) is 5.05. The van der Waals surface area contributed by atoms with Crippen molar-refractivity contribution >= 4 is 17.5 Å². The van der Waals surface area contributed by atoms with Gasteiger partial charge in [0.15, 0.2) is 0 Å². The number of carbonyl (C=O) groups is 2. The van der Waals surface area contributed by atoms with E-state index in [4.69, 9.17) is 4.74 Å². The van der Waals surface area contributed by atoms with Crippen LogP contribution < -0.4 is 10.6 Å². The predicted molar refractivity (Wildman–Crippen MR) is 97.2 cm³/mol. The van der Waals surface area contributed by atoms with Gasteiger partial charge in [0, 0.05) is 30.7 Å². The average Bonchev–Trinajstić information content (AvgIpc) is 3.13. The largest absolute Gasteiger partial charge is 0.376 e. The maximum atomic E-state index is 12.4. The zero-order chi connectivity index (χ0) is 17.6. The molecule has 1 aromatic rings. The topological polar surface area (TPSA) is 67.4 Å². The summed E-state index contributed by atoms with van der Waals surface area (Å²) in [6, 6.07) is 7.84. The Morgan fingerprint density at radius 1 is 1.08 bits per heavy atom. The van der Waals surface area contributed by atoms with Crippen molar-refractivity contribution in [2.75, 3.05) is 18.5 Å². The van der Waals surface area contributed by atoms with Gasteiger partial charge in [-0.15, -0.1) is 0 Å². The lowest BCUT2D eigenvalue weighted by Gasteiger charge is -2.27. The number of aryl methyl sites for hydroxylation is 1. The molecule has 3 rings (SSSR count). The van der Waals surface area contributed by atoms with Gasteiger partial charge in [0.1, 0.15) is 0 Å². The molecule has 0 bridgehead atoms. The second-order valence-electron chi connectivity index (χ2n) is 7.29. The summed E-state index contributed by atoms with van der Waals surface area (Å²) >= 11 is 0. The van der Waals surface area contributed by atoms with Crippen LogP contribution in [-0.2, 0) is 14.3 Å². The Labute approximate surface area is 149 Å². The normalized spacial score (nSPS) is 26.2. The van der Waals surface area contributed by atoms with E-state index in [9.17, 15) is 9.59 Å². The van der Waals surface area contributed by atoms with Crippen molar-refractivity contribution in [2.45, 2.75) is 51.6 Å². The second kappa shape index (κ2) is 8.48. The Balaban J connectivity index is 1.41. The standard InChI is InChI=1S/C20H28N2O3/c1-14-4-2-5-17(12-14)22-20(24)16-9-7-15(8-10-16)19(23)21-13-18-6-3-11-25-18/h2,4-5,12,15-16,18H,3,6-11,13H2,1H3,(H,21,23)(H,22,24). The number of anilines is 1. The Morgan fingerprint density at radius 3 is 2.44 bits per heavy atom. The van der Waals surface area contributed by atoms with Crippen molar-refractivity contribution in [2.24, 2.45) is 11.8 Å². The van der Waals surface area contributed by atoms with E-state index in [0.717, 1.165) is 56.4 Å². The molecule has 1 aliphatic carbocycles. The molecule has 1 aromatic carbocycles. The molecule has 0 spiro atoms. The molecule has 5 heteroatoms. The molecule has 0 aromatic heterocycles. The minimum Gasteiger partial charge on any atom is -0.376 e. The first kappa shape index (κ1) is 17.9. The van der Waals surface area contributed by atoms with Gasteiger partial charge in [-0.2, -0.15) is 0 Å². The van der Waals surface area contributed by atoms with Crippen LogP contribution >= 0.6 is 0 Å². The first-order valence-electron chi connectivity index (χ1n) is 9.38. The number of rotatable bonds is 5. The molecule has 2 amide bonds. The van der Waals surface area contributed by atoms with Crippen LogP contribution in [0.5, 0.6) is 0 Å². The van der Waals surface area contributed by atoms with Gasteiger partial charge < -0.3 is 15.4 Å². The van der Waals surface area contributed by atoms with Crippen LogP contribution in [0.15, 0.2) is 24.3 Å². The Morgan fingerprint density at radius 2 is 1.80 bits per heavy atom. The van der Waals surface area contributed by atoms with Crippen LogP contribution in [-0.4, -0.2) is 31.1 Å². The van der Waals surface area contributed by atoms with Crippen molar-refractivity contribution in [3.63, 3.8) is 0 Å². The van der Waals surface area contributed by atoms with Crippen molar-refractivity contribution in [3.8, 4) is 0 Å². The van der Waals surface area contributed by atoms with Gasteiger partial charge in [-0.3, -0.25) is 9.59 Å². The monoisotopic (exact) mass is 344 g/mol. The predicted octanol–water partition coefficient (Wildman–Crippen LogP) is 3.04. The first-order valence-corrected chi connectivity index (χ1v) is 9.38. The molecule has 2 N–H and O–H groups in total. The van der Waals surface area contributed by atoms with Crippen LogP contribution in [0.3, 0.4) is 0 Å². The van der Waals surface area contributed by atoms with Crippen LogP contribution in [0.2, 0.25) is 0 Å². The molecule has 2 aliphatic rings. The molecule has 1 atom stereocenters. The lowest BCUT2D eigenvalue weighted by Crippen LogP contribution is -2.38. The fraction of sp³-hybridized carbons (Fsp3) is 0.600. The molecule has 1 heterocycles. The molecule has 1 saturated heterocycles. The van der Waals surface area contributed by atoms with Crippen LogP contribution in [0, 0.1) is 18.8 Å². The van der Waals surface area contributed by atoms with Gasteiger partial charge in [-0.25, -0.2) is 0 Å². The van der Waals surface area contributed by atoms with Crippen molar-refractivity contribution < 1.29 is 14.3 Å². The van der Waals surface area contributed by atoms with E-state index in [1.54, 1.807) is 0 Å². The van der Waals surface area contributed by atoms with Crippen molar-refractivity contribution in [1.82, 2.24) is 5.32 Å². The number of ether oxygens (including phenoxy) is 1. The summed E-state index contributed by atoms with van der Waals surface area (Å²) in [5.74, 6) is 0.226. The average molecular weight is 344 g/mol. The Hall–Kier alpha value is -1.88. The Kier molecular flexibility index (Phi) is 6.08. The van der Waals surface area contributed by atoms with E-state index in [1.807, 2.05) is 31.2 Å². The first-order chi connectivity index (χ1) is 12.1. The molecule has 5 nitrogen and oxygen atoms in total. The van der Waals surface area contributed by atoms with E-state index in [-0.39, 0.29) is 29.8 Å². The maximum absolute atomic E-state index is 12.4. The highest BCUT2D eigenvalue weighted by Crippen LogP contribution is 2.30. The maximum Gasteiger partial charge on any atom is 0.227 e. The fourth-order valence-corrected chi connectivity index (χ4v) is 3.75. The van der Waals surface area contributed by atoms with Gasteiger partial charge in [-0.05, 0) is 63.1 Å². The summed E-state index contributed by atoms with van der Waals surface area (Å²) in [7, 11) is 0. The van der Waals surface area contributed by atoms with Crippen LogP contribution in [0.4, 0.5) is 5.69 Å². The minimum absolute atomic E-state index is 0.00253. The van der Waals surface area contributed by atoms with E-state index >= 15 is 0 Å². The van der Waals surface area contributed by atoms with E-state index in [0.29, 0.717) is 6.54 Å². The molecule has 136 valence electrons. The summed E-state index contributed by atoms with van der Waals surface area (Å²) < 4.78 is 5.54. The SMILES string of the molecule is Cc1cccc(NC(=O)C2CCC(C(=O)NCC3CCCO3)CC2)c1. The summed E-state index contributed by atoms with van der Waals surface area (Å²) in [6.45, 7) is 3.43. The van der Waals surface area contributed by atoms with Crippen LogP contribution in [0.1, 0.15) is 44.1 Å². The van der Waals surface area contributed by atoms with Gasteiger partial charge in [0.05, 0.1) is 6.10 Å². The minimum atomic E-state index is 0.00253. The third-order valence-electron chi connectivity index (χ3n) is 5.28. The summed E-state index contributed by atoms with van der Waals surface area (Å²) in [5.41, 5.74) is 1.98. The highest BCUT2D eigenvalue weighted by Gasteiger charge is 2.30. The number of hydrogen-bond donors (Lipinski definition) is 2. The molecular formula is C20H28N2O3. The van der Waals surface area contributed by atoms with Gasteiger partial charge in [-0.1, -0.05) is 12.1 Å². The van der Waals surface area contributed by atoms with Crippen LogP contribution in [0.25, 0.3) is 0 Å². The van der Waals surface area contributed by atoms with Gasteiger partial charge in [0.25, 0.3) is 0 Å². The fourth-order valence-electron chi connectivity index (χ4n) is 3.75. The number of amides is 2. The summed E-state index contributed by atoms with van der Waals surface area (Å²) in [6.07, 6.45) is 5.41. The smallest absolute Gasteiger partial charge is 0.227 e. The van der Waals surface area contributed by atoms with E-state index < -0.39 is 0 Å². The molecule has 1 saturated carbocycles. The molecule has 0 radical (unpaired) electrons. The highest BCUT2D eigenvalue weighted by molar-refractivity contribution is 5.92. The number of nitrogens with one attached hydrogen (secondary N) is 2. The van der Waals surface area contributed by atoms with Gasteiger partial charge >= 0.3 is 0 Å². The molecule has 1 aliphatic heterocycles. The quantitative estimate of drug-likeness (QED) is 0.863. The highest BCUT2D eigenvalue weighted by atomic mass is 16.5. The number of benzene rings is 1. The zero-order valence-corrected chi connectivity index (χ0v) is 14.9. The van der Waals surface area contributed by atoms with Crippen molar-refractivity contribution in [3.05, 3.63) is 29.8 Å². The molecular weight excluding hydrogens is 316 g/mol. The van der Waals surface area contributed by atoms with Gasteiger partial charge in [0.2, 0.25) is 11.8 Å². The third-order valence-corrected chi connectivity index (χ3v) is 5.28. The van der Waals surface area contributed by atoms with E-state index in [2.05, 4.69) is 10.6 Å². The molecule has 1 unspecified atom stereocenters. The molecule has 2 fully saturated rings. The second-order valence-corrected chi connectivity index (χ2v) is 7.29. The number of carbonyl (C=O) groups excluding carboxylic acids is 2. The lowest BCUT2D eigenvalue weighted by atomic mass is 9.81. The zero-order valence-electron chi connectivity index (χ0n) is 14.9. The van der Waals surface area contributed by atoms with Crippen molar-refractivity contribution in [1.29, 1.82) is 0 Å². The lowest BCUT2D eigenvalue weighted by molar-refractivity contribution is -0.128. The summed E-state index contributed by atoms with van der Waals surface area (Å²) in [4.78, 5) is 24.7. The Bertz CT molecular complexity index is 603. The molecule has 25 heavy (non-hydrogen) atoms. The van der Waals surface area contributed by atoms with E-state index in [1.165, 1.54) is 0 Å².